The van der Waals surface area contributed by atoms with Gasteiger partial charge in [-0.1, -0.05) is 0 Å². The van der Waals surface area contributed by atoms with Crippen LogP contribution in [0.3, 0.4) is 0 Å². The van der Waals surface area contributed by atoms with Gasteiger partial charge >= 0.3 is 0 Å². The van der Waals surface area contributed by atoms with Gasteiger partial charge in [0.1, 0.15) is 5.65 Å². The summed E-state index contributed by atoms with van der Waals surface area (Å²) >= 11 is 0. The lowest BCUT2D eigenvalue weighted by Crippen LogP contribution is -2.38. The average Bonchev–Trinajstić information content (AvgIpc) is 3.30. The summed E-state index contributed by atoms with van der Waals surface area (Å²) in [5.41, 5.74) is 1.51. The molecular formula is C17H20N6O2. The maximum atomic E-state index is 12.7. The molecule has 0 bridgehead atoms. The second kappa shape index (κ2) is 6.19. The quantitative estimate of drug-likeness (QED) is 0.723. The van der Waals surface area contributed by atoms with Gasteiger partial charge < -0.3 is 18.7 Å². The Morgan fingerprint density at radius 2 is 2.08 bits per heavy atom. The number of hydrogen-bond acceptors (Lipinski definition) is 6. The molecule has 1 saturated heterocycles. The number of nitrogens with zero attached hydrogens (tertiary/aromatic N) is 6. The van der Waals surface area contributed by atoms with Crippen LogP contribution in [-0.4, -0.2) is 57.5 Å². The van der Waals surface area contributed by atoms with Gasteiger partial charge in [0.2, 0.25) is 5.89 Å². The summed E-state index contributed by atoms with van der Waals surface area (Å²) in [6, 6.07) is 3.69. The highest BCUT2D eigenvalue weighted by molar-refractivity contribution is 5.94. The molecule has 1 amide bonds. The van der Waals surface area contributed by atoms with E-state index in [0.717, 1.165) is 18.5 Å². The van der Waals surface area contributed by atoms with E-state index in [1.807, 2.05) is 52.8 Å². The van der Waals surface area contributed by atoms with Crippen molar-refractivity contribution in [2.75, 3.05) is 32.1 Å². The summed E-state index contributed by atoms with van der Waals surface area (Å²) < 4.78 is 7.23. The number of carbonyl (C=O) groups excluding carboxylic acids is 1. The fourth-order valence-electron chi connectivity index (χ4n) is 3.13. The topological polar surface area (TPSA) is 79.8 Å². The third kappa shape index (κ3) is 2.95. The minimum atomic E-state index is 0.0496. The summed E-state index contributed by atoms with van der Waals surface area (Å²) in [5, 5.41) is 3.97. The number of anilines is 1. The number of likely N-dealkylation sites (tertiary alicyclic amines) is 1. The third-order valence-corrected chi connectivity index (χ3v) is 4.60. The maximum Gasteiger partial charge on any atom is 0.265 e. The number of rotatable bonds is 3. The van der Waals surface area contributed by atoms with E-state index >= 15 is 0 Å². The van der Waals surface area contributed by atoms with Crippen LogP contribution in [0.15, 0.2) is 35.2 Å². The zero-order chi connectivity index (χ0) is 17.4. The number of amides is 1. The third-order valence-electron chi connectivity index (χ3n) is 4.60. The minimum Gasteiger partial charge on any atom is -0.344 e. The zero-order valence-corrected chi connectivity index (χ0v) is 14.3. The highest BCUT2D eigenvalue weighted by Crippen LogP contribution is 2.28. The number of piperidine rings is 1. The Balaban J connectivity index is 1.42. The smallest absolute Gasteiger partial charge is 0.265 e. The molecule has 1 fully saturated rings. The molecule has 1 aliphatic rings. The highest BCUT2D eigenvalue weighted by atomic mass is 16.5. The van der Waals surface area contributed by atoms with Crippen LogP contribution in [0.1, 0.15) is 35.0 Å². The maximum absolute atomic E-state index is 12.7. The van der Waals surface area contributed by atoms with Crippen molar-refractivity contribution in [2.24, 2.45) is 0 Å². The Morgan fingerprint density at radius 3 is 2.80 bits per heavy atom. The molecule has 0 aromatic carbocycles. The molecule has 0 radical (unpaired) electrons. The van der Waals surface area contributed by atoms with Crippen LogP contribution in [0.4, 0.5) is 5.95 Å². The molecule has 3 aromatic heterocycles. The standard InChI is InChI=1S/C17H20N6O2/c1-21(2)17-19-15(25-20-17)12-5-8-22(9-6-12)16(24)13-3-4-14-18-7-10-23(14)11-13/h3-4,7,10-12H,5-6,8-9H2,1-2H3. The van der Waals surface area contributed by atoms with E-state index < -0.39 is 0 Å². The predicted molar refractivity (Wildman–Crippen MR) is 91.7 cm³/mol. The van der Waals surface area contributed by atoms with Crippen molar-refractivity contribution >= 4 is 17.5 Å². The molecule has 0 N–H and O–H groups in total. The Bertz CT molecular complexity index is 891. The van der Waals surface area contributed by atoms with E-state index in [-0.39, 0.29) is 11.8 Å². The first kappa shape index (κ1) is 15.6. The zero-order valence-electron chi connectivity index (χ0n) is 14.3. The fraction of sp³-hybridized carbons (Fsp3) is 0.412. The summed E-state index contributed by atoms with van der Waals surface area (Å²) in [6.45, 7) is 1.37. The van der Waals surface area contributed by atoms with Gasteiger partial charge in [-0.3, -0.25) is 4.79 Å². The Hall–Kier alpha value is -2.90. The number of pyridine rings is 1. The first-order valence-electron chi connectivity index (χ1n) is 8.35. The van der Waals surface area contributed by atoms with Crippen LogP contribution in [0, 0.1) is 0 Å². The summed E-state index contributed by atoms with van der Waals surface area (Å²) in [4.78, 5) is 25.1. The predicted octanol–water partition coefficient (Wildman–Crippen LogP) is 1.80. The summed E-state index contributed by atoms with van der Waals surface area (Å²) in [6.07, 6.45) is 7.05. The van der Waals surface area contributed by atoms with Gasteiger partial charge in [0.05, 0.1) is 5.56 Å². The molecule has 0 aliphatic carbocycles. The number of carbonyl (C=O) groups is 1. The Morgan fingerprint density at radius 1 is 1.28 bits per heavy atom. The Labute approximate surface area is 145 Å². The van der Waals surface area contributed by atoms with Crippen molar-refractivity contribution in [3.8, 4) is 0 Å². The summed E-state index contributed by atoms with van der Waals surface area (Å²) in [7, 11) is 3.76. The van der Waals surface area contributed by atoms with Gasteiger partial charge in [0.15, 0.2) is 0 Å². The van der Waals surface area contributed by atoms with Gasteiger partial charge in [0.25, 0.3) is 11.9 Å². The molecule has 1 aliphatic heterocycles. The molecule has 4 rings (SSSR count). The van der Waals surface area contributed by atoms with Crippen molar-refractivity contribution in [1.82, 2.24) is 24.4 Å². The van der Waals surface area contributed by atoms with E-state index in [1.165, 1.54) is 0 Å². The molecule has 0 spiro atoms. The number of fused-ring (bicyclic) bond motifs is 1. The van der Waals surface area contributed by atoms with Crippen molar-refractivity contribution < 1.29 is 9.32 Å². The van der Waals surface area contributed by atoms with Crippen molar-refractivity contribution in [3.63, 3.8) is 0 Å². The number of hydrogen-bond donors (Lipinski definition) is 0. The normalized spacial score (nSPS) is 15.7. The first-order chi connectivity index (χ1) is 12.1. The van der Waals surface area contributed by atoms with Gasteiger partial charge in [-0.15, -0.1) is 0 Å². The molecule has 4 heterocycles. The highest BCUT2D eigenvalue weighted by Gasteiger charge is 2.28. The van der Waals surface area contributed by atoms with Crippen LogP contribution in [0.5, 0.6) is 0 Å². The first-order valence-corrected chi connectivity index (χ1v) is 8.35. The monoisotopic (exact) mass is 340 g/mol. The second-order valence-corrected chi connectivity index (χ2v) is 6.50. The molecule has 0 saturated carbocycles. The van der Waals surface area contributed by atoms with E-state index in [0.29, 0.717) is 30.5 Å². The van der Waals surface area contributed by atoms with Crippen LogP contribution in [-0.2, 0) is 0 Å². The van der Waals surface area contributed by atoms with Crippen LogP contribution < -0.4 is 4.90 Å². The summed E-state index contributed by atoms with van der Waals surface area (Å²) in [5.74, 6) is 1.51. The van der Waals surface area contributed by atoms with Crippen molar-refractivity contribution in [1.29, 1.82) is 0 Å². The van der Waals surface area contributed by atoms with E-state index in [9.17, 15) is 4.79 Å². The van der Waals surface area contributed by atoms with Gasteiger partial charge in [-0.25, -0.2) is 4.98 Å². The van der Waals surface area contributed by atoms with E-state index in [2.05, 4.69) is 15.1 Å². The Kier molecular flexibility index (Phi) is 3.87. The number of imidazole rings is 1. The molecule has 0 unspecified atom stereocenters. The number of aromatic nitrogens is 4. The molecular weight excluding hydrogens is 320 g/mol. The molecule has 8 nitrogen and oxygen atoms in total. The molecule has 25 heavy (non-hydrogen) atoms. The molecule has 3 aromatic rings. The lowest BCUT2D eigenvalue weighted by Gasteiger charge is -2.30. The van der Waals surface area contributed by atoms with Crippen molar-refractivity contribution in [3.05, 3.63) is 42.2 Å². The van der Waals surface area contributed by atoms with Gasteiger partial charge in [0, 0.05) is 51.7 Å². The minimum absolute atomic E-state index is 0.0496. The van der Waals surface area contributed by atoms with Crippen LogP contribution in [0.2, 0.25) is 0 Å². The average molecular weight is 340 g/mol. The van der Waals surface area contributed by atoms with Crippen LogP contribution >= 0.6 is 0 Å². The molecule has 130 valence electrons. The molecule has 0 atom stereocenters. The van der Waals surface area contributed by atoms with E-state index in [1.54, 1.807) is 6.20 Å². The fourth-order valence-corrected chi connectivity index (χ4v) is 3.13. The van der Waals surface area contributed by atoms with Gasteiger partial charge in [-0.2, -0.15) is 4.98 Å². The SMILES string of the molecule is CN(C)c1noc(C2CCN(C(=O)c3ccc4nccn4c3)CC2)n1. The van der Waals surface area contributed by atoms with E-state index in [4.69, 9.17) is 4.52 Å². The molecule has 8 heteroatoms. The lowest BCUT2D eigenvalue weighted by atomic mass is 9.96. The largest absolute Gasteiger partial charge is 0.344 e. The van der Waals surface area contributed by atoms with Gasteiger partial charge in [-0.05, 0) is 30.1 Å². The lowest BCUT2D eigenvalue weighted by molar-refractivity contribution is 0.0704. The van der Waals surface area contributed by atoms with Crippen LogP contribution in [0.25, 0.3) is 5.65 Å². The van der Waals surface area contributed by atoms with Crippen molar-refractivity contribution in [2.45, 2.75) is 18.8 Å². The second-order valence-electron chi connectivity index (χ2n) is 6.50.